The molecule has 0 saturated heterocycles. The quantitative estimate of drug-likeness (QED) is 0.777. The lowest BCUT2D eigenvalue weighted by atomic mass is 9.97. The van der Waals surface area contributed by atoms with Crippen molar-refractivity contribution >= 4 is 5.91 Å². The highest BCUT2D eigenvalue weighted by Crippen LogP contribution is 2.20. The number of carbonyl (C=O) groups is 1. The Morgan fingerprint density at radius 3 is 2.84 bits per heavy atom. The predicted octanol–water partition coefficient (Wildman–Crippen LogP) is 1.23. The number of methoxy groups -OCH3 is 1. The Labute approximate surface area is 114 Å². The molecule has 0 aliphatic heterocycles. The van der Waals surface area contributed by atoms with Crippen LogP contribution in [0.3, 0.4) is 0 Å². The maximum atomic E-state index is 12.0. The summed E-state index contributed by atoms with van der Waals surface area (Å²) in [6, 6.07) is 8.52. The summed E-state index contributed by atoms with van der Waals surface area (Å²) in [7, 11) is 1.68. The molecule has 1 aliphatic carbocycles. The number of rotatable bonds is 7. The molecule has 1 saturated carbocycles. The van der Waals surface area contributed by atoms with Gasteiger partial charge in [-0.25, -0.2) is 0 Å². The van der Waals surface area contributed by atoms with Crippen LogP contribution in [0.25, 0.3) is 0 Å². The van der Waals surface area contributed by atoms with Gasteiger partial charge in [-0.05, 0) is 30.4 Å². The standard InChI is InChI=1S/C15H22N2O2/c1-19-10-12-4-2-3-11(7-12)8-13(9-16)15(18)17-14-5-6-14/h2-4,7,13-14H,5-6,8-10,16H2,1H3,(H,17,18). The fourth-order valence-electron chi connectivity index (χ4n) is 2.13. The Bertz CT molecular complexity index is 430. The first kappa shape index (κ1) is 14.0. The number of hydrogen-bond acceptors (Lipinski definition) is 3. The van der Waals surface area contributed by atoms with Crippen LogP contribution in [0.15, 0.2) is 24.3 Å². The Morgan fingerprint density at radius 1 is 1.47 bits per heavy atom. The SMILES string of the molecule is COCc1cccc(CC(CN)C(=O)NC2CC2)c1. The molecule has 2 rings (SSSR count). The molecule has 104 valence electrons. The minimum absolute atomic E-state index is 0.0853. The van der Waals surface area contributed by atoms with E-state index < -0.39 is 0 Å². The first-order valence-corrected chi connectivity index (χ1v) is 6.80. The van der Waals surface area contributed by atoms with Gasteiger partial charge in [0.15, 0.2) is 0 Å². The van der Waals surface area contributed by atoms with Gasteiger partial charge in [0.1, 0.15) is 0 Å². The van der Waals surface area contributed by atoms with Gasteiger partial charge in [-0.1, -0.05) is 24.3 Å². The van der Waals surface area contributed by atoms with Crippen LogP contribution in [0.1, 0.15) is 24.0 Å². The minimum atomic E-state index is -0.140. The summed E-state index contributed by atoms with van der Waals surface area (Å²) >= 11 is 0. The van der Waals surface area contributed by atoms with Crippen molar-refractivity contribution in [2.45, 2.75) is 31.9 Å². The lowest BCUT2D eigenvalue weighted by molar-refractivity contribution is -0.124. The number of hydrogen-bond donors (Lipinski definition) is 2. The van der Waals surface area contributed by atoms with E-state index in [-0.39, 0.29) is 11.8 Å². The molecular weight excluding hydrogens is 240 g/mol. The highest BCUT2D eigenvalue weighted by Gasteiger charge is 2.26. The molecule has 4 nitrogen and oxygen atoms in total. The number of amides is 1. The van der Waals surface area contributed by atoms with E-state index in [2.05, 4.69) is 11.4 Å². The third-order valence-corrected chi connectivity index (χ3v) is 3.36. The minimum Gasteiger partial charge on any atom is -0.380 e. The summed E-state index contributed by atoms with van der Waals surface area (Å²) in [5, 5.41) is 3.02. The van der Waals surface area contributed by atoms with Crippen LogP contribution < -0.4 is 11.1 Å². The van der Waals surface area contributed by atoms with E-state index in [0.29, 0.717) is 25.6 Å². The molecule has 4 heteroatoms. The molecule has 1 aromatic rings. The summed E-state index contributed by atoms with van der Waals surface area (Å²) in [5.41, 5.74) is 7.99. The van der Waals surface area contributed by atoms with Crippen LogP contribution >= 0.6 is 0 Å². The van der Waals surface area contributed by atoms with Crippen molar-refractivity contribution in [3.8, 4) is 0 Å². The molecule has 1 aliphatic rings. The Balaban J connectivity index is 1.96. The average molecular weight is 262 g/mol. The molecule has 0 aromatic heterocycles. The van der Waals surface area contributed by atoms with Gasteiger partial charge in [-0.15, -0.1) is 0 Å². The fourth-order valence-corrected chi connectivity index (χ4v) is 2.13. The zero-order valence-electron chi connectivity index (χ0n) is 11.4. The smallest absolute Gasteiger partial charge is 0.224 e. The Morgan fingerprint density at radius 2 is 2.21 bits per heavy atom. The molecule has 1 unspecified atom stereocenters. The van der Waals surface area contributed by atoms with E-state index >= 15 is 0 Å². The van der Waals surface area contributed by atoms with E-state index in [0.717, 1.165) is 24.0 Å². The van der Waals surface area contributed by atoms with Crippen molar-refractivity contribution in [2.75, 3.05) is 13.7 Å². The summed E-state index contributed by atoms with van der Waals surface area (Å²) in [6.07, 6.45) is 2.89. The van der Waals surface area contributed by atoms with Gasteiger partial charge in [-0.2, -0.15) is 0 Å². The molecule has 3 N–H and O–H groups in total. The zero-order valence-corrected chi connectivity index (χ0v) is 11.4. The van der Waals surface area contributed by atoms with Gasteiger partial charge in [0.2, 0.25) is 5.91 Å². The number of carbonyl (C=O) groups excluding carboxylic acids is 1. The second kappa shape index (κ2) is 6.68. The van der Waals surface area contributed by atoms with Gasteiger partial charge < -0.3 is 15.8 Å². The monoisotopic (exact) mass is 262 g/mol. The highest BCUT2D eigenvalue weighted by molar-refractivity contribution is 5.79. The Hall–Kier alpha value is -1.39. The zero-order chi connectivity index (χ0) is 13.7. The van der Waals surface area contributed by atoms with E-state index in [4.69, 9.17) is 10.5 Å². The average Bonchev–Trinajstić information content (AvgIpc) is 3.20. The van der Waals surface area contributed by atoms with Crippen LogP contribution in [0.2, 0.25) is 0 Å². The number of benzene rings is 1. The van der Waals surface area contributed by atoms with Crippen LogP contribution in [0.5, 0.6) is 0 Å². The summed E-state index contributed by atoms with van der Waals surface area (Å²) in [6.45, 7) is 0.975. The van der Waals surface area contributed by atoms with E-state index in [1.807, 2.05) is 18.2 Å². The van der Waals surface area contributed by atoms with Gasteiger partial charge in [0, 0.05) is 19.7 Å². The van der Waals surface area contributed by atoms with Gasteiger partial charge in [0.05, 0.1) is 12.5 Å². The number of nitrogens with one attached hydrogen (secondary N) is 1. The molecule has 1 atom stereocenters. The fraction of sp³-hybridized carbons (Fsp3) is 0.533. The maximum Gasteiger partial charge on any atom is 0.224 e. The molecule has 1 fully saturated rings. The first-order valence-electron chi connectivity index (χ1n) is 6.80. The first-order chi connectivity index (χ1) is 9.22. The van der Waals surface area contributed by atoms with Gasteiger partial charge >= 0.3 is 0 Å². The highest BCUT2D eigenvalue weighted by atomic mass is 16.5. The molecule has 19 heavy (non-hydrogen) atoms. The number of nitrogens with two attached hydrogens (primary N) is 1. The normalized spacial score (nSPS) is 16.1. The molecule has 1 amide bonds. The second-order valence-corrected chi connectivity index (χ2v) is 5.17. The van der Waals surface area contributed by atoms with Crippen LogP contribution in [-0.4, -0.2) is 25.6 Å². The summed E-state index contributed by atoms with van der Waals surface area (Å²) in [5.74, 6) is -0.0551. The van der Waals surface area contributed by atoms with Crippen LogP contribution in [0, 0.1) is 5.92 Å². The summed E-state index contributed by atoms with van der Waals surface area (Å²) in [4.78, 5) is 12.0. The third-order valence-electron chi connectivity index (χ3n) is 3.36. The predicted molar refractivity (Wildman–Crippen MR) is 74.6 cm³/mol. The van der Waals surface area contributed by atoms with Crippen molar-refractivity contribution in [3.63, 3.8) is 0 Å². The van der Waals surface area contributed by atoms with Crippen molar-refractivity contribution in [2.24, 2.45) is 11.7 Å². The topological polar surface area (TPSA) is 64.3 Å². The van der Waals surface area contributed by atoms with Crippen LogP contribution in [0.4, 0.5) is 0 Å². The lowest BCUT2D eigenvalue weighted by Gasteiger charge is -2.15. The van der Waals surface area contributed by atoms with Gasteiger partial charge in [-0.3, -0.25) is 4.79 Å². The molecule has 0 heterocycles. The van der Waals surface area contributed by atoms with E-state index in [1.54, 1.807) is 7.11 Å². The van der Waals surface area contributed by atoms with Crippen LogP contribution in [-0.2, 0) is 22.6 Å². The number of ether oxygens (including phenoxy) is 1. The second-order valence-electron chi connectivity index (χ2n) is 5.17. The van der Waals surface area contributed by atoms with E-state index in [9.17, 15) is 4.79 Å². The maximum absolute atomic E-state index is 12.0. The summed E-state index contributed by atoms with van der Waals surface area (Å²) < 4.78 is 5.12. The molecule has 0 spiro atoms. The largest absolute Gasteiger partial charge is 0.380 e. The van der Waals surface area contributed by atoms with Crippen molar-refractivity contribution in [3.05, 3.63) is 35.4 Å². The third kappa shape index (κ3) is 4.33. The molecule has 0 radical (unpaired) electrons. The van der Waals surface area contributed by atoms with Gasteiger partial charge in [0.25, 0.3) is 0 Å². The van der Waals surface area contributed by atoms with E-state index in [1.165, 1.54) is 0 Å². The Kier molecular flexibility index (Phi) is 4.93. The van der Waals surface area contributed by atoms with Crippen molar-refractivity contribution < 1.29 is 9.53 Å². The van der Waals surface area contributed by atoms with Crippen molar-refractivity contribution in [1.29, 1.82) is 0 Å². The van der Waals surface area contributed by atoms with Crippen molar-refractivity contribution in [1.82, 2.24) is 5.32 Å². The molecule has 0 bridgehead atoms. The lowest BCUT2D eigenvalue weighted by Crippen LogP contribution is -2.37. The molecule has 1 aromatic carbocycles. The molecular formula is C15H22N2O2.